The SMILES string of the molecule is COc1ncc(-c2nc3c(n2C(C)C)CN(c2ccc4scnc4c2)C3=O)c(OC)n1. The summed E-state index contributed by atoms with van der Waals surface area (Å²) in [6.07, 6.45) is 1.61. The van der Waals surface area contributed by atoms with Crippen molar-refractivity contribution in [3.8, 4) is 23.3 Å². The van der Waals surface area contributed by atoms with Crippen LogP contribution in [0.15, 0.2) is 29.9 Å². The standard InChI is InChI=1S/C21H20N6O3S/c1-11(2)27-15-9-26(12-5-6-16-14(7-12)23-10-31-16)20(28)17(15)24-18(27)13-8-22-21(30-4)25-19(13)29-3/h5-8,10-11H,9H2,1-4H3. The molecule has 10 heteroatoms. The van der Waals surface area contributed by atoms with Crippen molar-refractivity contribution in [3.05, 3.63) is 41.3 Å². The Morgan fingerprint density at radius 3 is 2.71 bits per heavy atom. The van der Waals surface area contributed by atoms with Gasteiger partial charge in [0.15, 0.2) is 5.69 Å². The fourth-order valence-corrected chi connectivity index (χ4v) is 4.52. The number of thiazole rings is 1. The van der Waals surface area contributed by atoms with Crippen LogP contribution in [0.25, 0.3) is 21.6 Å². The second-order valence-corrected chi connectivity index (χ2v) is 8.26. The number of rotatable bonds is 5. The van der Waals surface area contributed by atoms with Gasteiger partial charge in [0.2, 0.25) is 5.88 Å². The molecule has 0 aliphatic carbocycles. The van der Waals surface area contributed by atoms with Crippen LogP contribution in [0, 0.1) is 0 Å². The molecule has 1 aliphatic heterocycles. The molecule has 3 aromatic heterocycles. The minimum atomic E-state index is -0.140. The second-order valence-electron chi connectivity index (χ2n) is 7.37. The maximum absolute atomic E-state index is 13.3. The second kappa shape index (κ2) is 7.31. The van der Waals surface area contributed by atoms with E-state index >= 15 is 0 Å². The summed E-state index contributed by atoms with van der Waals surface area (Å²) in [6, 6.07) is 6.15. The van der Waals surface area contributed by atoms with Crippen LogP contribution in [0.4, 0.5) is 5.69 Å². The third-order valence-corrected chi connectivity index (χ3v) is 6.07. The molecule has 0 atom stereocenters. The lowest BCUT2D eigenvalue weighted by Crippen LogP contribution is -2.24. The molecule has 4 aromatic rings. The molecule has 1 amide bonds. The van der Waals surface area contributed by atoms with Gasteiger partial charge in [0.1, 0.15) is 5.82 Å². The first kappa shape index (κ1) is 19.4. The van der Waals surface area contributed by atoms with Gasteiger partial charge >= 0.3 is 6.01 Å². The van der Waals surface area contributed by atoms with Crippen LogP contribution in [0.1, 0.15) is 36.1 Å². The Hall–Kier alpha value is -3.53. The molecule has 1 aliphatic rings. The van der Waals surface area contributed by atoms with E-state index in [4.69, 9.17) is 14.5 Å². The van der Waals surface area contributed by atoms with E-state index in [1.165, 1.54) is 14.2 Å². The zero-order chi connectivity index (χ0) is 21.7. The van der Waals surface area contributed by atoms with E-state index in [2.05, 4.69) is 28.8 Å². The van der Waals surface area contributed by atoms with Crippen LogP contribution in [0.3, 0.4) is 0 Å². The van der Waals surface area contributed by atoms with Crippen LogP contribution in [0.5, 0.6) is 11.9 Å². The summed E-state index contributed by atoms with van der Waals surface area (Å²) in [6.45, 7) is 4.53. The molecule has 0 spiro atoms. The van der Waals surface area contributed by atoms with Crippen molar-refractivity contribution in [1.29, 1.82) is 0 Å². The zero-order valence-electron chi connectivity index (χ0n) is 17.5. The number of aromatic nitrogens is 5. The summed E-state index contributed by atoms with van der Waals surface area (Å²) < 4.78 is 13.7. The smallest absolute Gasteiger partial charge is 0.319 e. The number of hydrogen-bond donors (Lipinski definition) is 0. The number of anilines is 1. The molecule has 31 heavy (non-hydrogen) atoms. The lowest BCUT2D eigenvalue weighted by atomic mass is 10.2. The Morgan fingerprint density at radius 2 is 1.97 bits per heavy atom. The summed E-state index contributed by atoms with van der Waals surface area (Å²) in [7, 11) is 3.03. The van der Waals surface area contributed by atoms with Crippen LogP contribution in [-0.4, -0.2) is 44.6 Å². The Labute approximate surface area is 182 Å². The minimum absolute atomic E-state index is 0.0619. The number of benzene rings is 1. The van der Waals surface area contributed by atoms with Crippen LogP contribution in [0.2, 0.25) is 0 Å². The zero-order valence-corrected chi connectivity index (χ0v) is 18.3. The first-order chi connectivity index (χ1) is 15.0. The first-order valence-corrected chi connectivity index (χ1v) is 10.6. The van der Waals surface area contributed by atoms with Gasteiger partial charge in [-0.3, -0.25) is 4.79 Å². The molecular weight excluding hydrogens is 416 g/mol. The van der Waals surface area contributed by atoms with E-state index in [-0.39, 0.29) is 18.0 Å². The summed E-state index contributed by atoms with van der Waals surface area (Å²) >= 11 is 1.58. The third-order valence-electron chi connectivity index (χ3n) is 5.26. The highest BCUT2D eigenvalue weighted by molar-refractivity contribution is 7.16. The molecular formula is C21H20N6O3S. The van der Waals surface area contributed by atoms with E-state index in [0.29, 0.717) is 29.5 Å². The van der Waals surface area contributed by atoms with E-state index in [1.54, 1.807) is 27.9 Å². The lowest BCUT2D eigenvalue weighted by molar-refractivity contribution is 0.0992. The van der Waals surface area contributed by atoms with E-state index < -0.39 is 0 Å². The Kier molecular flexibility index (Phi) is 4.58. The average Bonchev–Trinajstić information content (AvgIpc) is 3.47. The number of hydrogen-bond acceptors (Lipinski definition) is 8. The highest BCUT2D eigenvalue weighted by Crippen LogP contribution is 2.37. The Morgan fingerprint density at radius 1 is 1.13 bits per heavy atom. The van der Waals surface area contributed by atoms with Gasteiger partial charge in [0.25, 0.3) is 5.91 Å². The van der Waals surface area contributed by atoms with Crippen molar-refractivity contribution in [2.75, 3.05) is 19.1 Å². The molecule has 4 heterocycles. The van der Waals surface area contributed by atoms with Gasteiger partial charge in [0.05, 0.1) is 47.7 Å². The van der Waals surface area contributed by atoms with Gasteiger partial charge in [-0.1, -0.05) is 0 Å². The van der Waals surface area contributed by atoms with Gasteiger partial charge in [-0.2, -0.15) is 4.98 Å². The molecule has 158 valence electrons. The Bertz CT molecular complexity index is 1310. The molecule has 0 saturated heterocycles. The Balaban J connectivity index is 1.59. The number of nitrogens with zero attached hydrogens (tertiary/aromatic N) is 6. The van der Waals surface area contributed by atoms with E-state index in [0.717, 1.165) is 21.6 Å². The third kappa shape index (κ3) is 3.02. The highest BCUT2D eigenvalue weighted by Gasteiger charge is 2.36. The predicted molar refractivity (Wildman–Crippen MR) is 117 cm³/mol. The number of carbonyl (C=O) groups excluding carboxylic acids is 1. The fourth-order valence-electron chi connectivity index (χ4n) is 3.87. The maximum Gasteiger partial charge on any atom is 0.319 e. The van der Waals surface area contributed by atoms with Crippen LogP contribution < -0.4 is 14.4 Å². The average molecular weight is 436 g/mol. The van der Waals surface area contributed by atoms with Crippen molar-refractivity contribution in [3.63, 3.8) is 0 Å². The van der Waals surface area contributed by atoms with E-state index in [1.807, 2.05) is 22.8 Å². The lowest BCUT2D eigenvalue weighted by Gasteiger charge is -2.20. The van der Waals surface area contributed by atoms with E-state index in [9.17, 15) is 4.79 Å². The number of ether oxygens (including phenoxy) is 2. The van der Waals surface area contributed by atoms with Crippen LogP contribution >= 0.6 is 11.3 Å². The number of fused-ring (bicyclic) bond motifs is 2. The number of imidazole rings is 1. The highest BCUT2D eigenvalue weighted by atomic mass is 32.1. The fraction of sp³-hybridized carbons (Fsp3) is 0.286. The first-order valence-electron chi connectivity index (χ1n) is 9.73. The minimum Gasteiger partial charge on any atom is -0.480 e. The number of carbonyl (C=O) groups is 1. The summed E-state index contributed by atoms with van der Waals surface area (Å²) in [5.74, 6) is 0.803. The summed E-state index contributed by atoms with van der Waals surface area (Å²) in [5.41, 5.74) is 5.39. The van der Waals surface area contributed by atoms with Crippen molar-refractivity contribution in [2.24, 2.45) is 0 Å². The van der Waals surface area contributed by atoms with Crippen molar-refractivity contribution in [2.45, 2.75) is 26.4 Å². The molecule has 9 nitrogen and oxygen atoms in total. The molecule has 0 saturated carbocycles. The van der Waals surface area contributed by atoms with Crippen molar-refractivity contribution >= 4 is 33.1 Å². The van der Waals surface area contributed by atoms with Crippen molar-refractivity contribution < 1.29 is 14.3 Å². The maximum atomic E-state index is 13.3. The monoisotopic (exact) mass is 436 g/mol. The van der Waals surface area contributed by atoms with Gasteiger partial charge in [0, 0.05) is 17.9 Å². The number of amides is 1. The topological polar surface area (TPSA) is 95.3 Å². The van der Waals surface area contributed by atoms with Gasteiger partial charge in [-0.15, -0.1) is 11.3 Å². The summed E-state index contributed by atoms with van der Waals surface area (Å²) in [5, 5.41) is 0. The normalized spacial score (nSPS) is 13.3. The summed E-state index contributed by atoms with van der Waals surface area (Å²) in [4.78, 5) is 32.6. The molecule has 0 unspecified atom stereocenters. The van der Waals surface area contributed by atoms with Gasteiger partial charge in [-0.05, 0) is 32.0 Å². The molecule has 0 N–H and O–H groups in total. The molecule has 0 bridgehead atoms. The van der Waals surface area contributed by atoms with Crippen LogP contribution in [-0.2, 0) is 6.54 Å². The largest absolute Gasteiger partial charge is 0.480 e. The molecule has 0 radical (unpaired) electrons. The van der Waals surface area contributed by atoms with Gasteiger partial charge < -0.3 is 18.9 Å². The molecule has 1 aromatic carbocycles. The molecule has 0 fully saturated rings. The number of methoxy groups -OCH3 is 2. The molecule has 5 rings (SSSR count). The van der Waals surface area contributed by atoms with Crippen molar-refractivity contribution in [1.82, 2.24) is 24.5 Å². The van der Waals surface area contributed by atoms with Gasteiger partial charge in [-0.25, -0.2) is 15.0 Å². The quantitative estimate of drug-likeness (QED) is 0.471. The predicted octanol–water partition coefficient (Wildman–Crippen LogP) is 3.71.